The largest absolute Gasteiger partial charge is 0.493 e. The second-order valence-electron chi connectivity index (χ2n) is 6.37. The number of nitrogens with one attached hydrogen (secondary N) is 2. The highest BCUT2D eigenvalue weighted by molar-refractivity contribution is 7.92. The molecule has 0 unspecified atom stereocenters. The zero-order valence-corrected chi connectivity index (χ0v) is 18.2. The van der Waals surface area contributed by atoms with Crippen LogP contribution < -0.4 is 19.5 Å². The van der Waals surface area contributed by atoms with Gasteiger partial charge in [-0.25, -0.2) is 8.42 Å². The molecule has 9 heteroatoms. The Labute approximate surface area is 186 Å². The quantitative estimate of drug-likeness (QED) is 0.471. The maximum absolute atomic E-state index is 12.4. The molecule has 0 heterocycles. The summed E-state index contributed by atoms with van der Waals surface area (Å²) in [4.78, 5) is 12.5. The normalized spacial score (nSPS) is 10.9. The third-order valence-electron chi connectivity index (χ3n) is 4.24. The molecule has 0 spiro atoms. The lowest BCUT2D eigenvalue weighted by Crippen LogP contribution is -2.28. The highest BCUT2D eigenvalue weighted by Crippen LogP contribution is 2.26. The zero-order chi connectivity index (χ0) is 22.3. The van der Waals surface area contributed by atoms with Crippen molar-refractivity contribution in [1.29, 1.82) is 0 Å². The van der Waals surface area contributed by atoms with Crippen LogP contribution in [0.1, 0.15) is 10.4 Å². The summed E-state index contributed by atoms with van der Waals surface area (Å²) >= 11 is 6.20. The minimum absolute atomic E-state index is 0.109. The summed E-state index contributed by atoms with van der Waals surface area (Å²) in [5, 5.41) is 2.83. The van der Waals surface area contributed by atoms with Crippen molar-refractivity contribution in [3.05, 3.63) is 83.4 Å². The molecule has 0 atom stereocenters. The van der Waals surface area contributed by atoms with Crippen LogP contribution in [-0.4, -0.2) is 34.6 Å². The summed E-state index contributed by atoms with van der Waals surface area (Å²) in [5.41, 5.74) is 0.478. The van der Waals surface area contributed by atoms with Crippen molar-refractivity contribution in [2.45, 2.75) is 4.90 Å². The lowest BCUT2D eigenvalue weighted by molar-refractivity contribution is 0.0947. The molecule has 2 N–H and O–H groups in total. The molecule has 0 aliphatic heterocycles. The molecule has 0 bridgehead atoms. The van der Waals surface area contributed by atoms with Crippen molar-refractivity contribution in [1.82, 2.24) is 5.32 Å². The molecule has 7 nitrogen and oxygen atoms in total. The van der Waals surface area contributed by atoms with Crippen LogP contribution in [0.5, 0.6) is 11.5 Å². The third-order valence-corrected chi connectivity index (χ3v) is 5.94. The van der Waals surface area contributed by atoms with E-state index in [2.05, 4.69) is 10.0 Å². The van der Waals surface area contributed by atoms with E-state index < -0.39 is 10.0 Å². The summed E-state index contributed by atoms with van der Waals surface area (Å²) in [7, 11) is -2.23. The van der Waals surface area contributed by atoms with Crippen LogP contribution in [0.25, 0.3) is 0 Å². The number of rotatable bonds is 9. The molecule has 3 rings (SSSR count). The molecule has 3 aromatic rings. The van der Waals surface area contributed by atoms with Gasteiger partial charge in [-0.15, -0.1) is 0 Å². The maximum Gasteiger partial charge on any atom is 0.261 e. The van der Waals surface area contributed by atoms with Crippen molar-refractivity contribution in [2.24, 2.45) is 0 Å². The minimum atomic E-state index is -3.78. The van der Waals surface area contributed by atoms with E-state index in [9.17, 15) is 13.2 Å². The molecular formula is C22H21ClN2O5S. The van der Waals surface area contributed by atoms with Gasteiger partial charge < -0.3 is 14.8 Å². The van der Waals surface area contributed by atoms with Crippen molar-refractivity contribution >= 4 is 33.2 Å². The Morgan fingerprint density at radius 1 is 0.968 bits per heavy atom. The van der Waals surface area contributed by atoms with Crippen LogP contribution >= 0.6 is 11.6 Å². The van der Waals surface area contributed by atoms with E-state index in [4.69, 9.17) is 21.1 Å². The fraction of sp³-hybridized carbons (Fsp3) is 0.136. The summed E-state index contributed by atoms with van der Waals surface area (Å²) in [5.74, 6) is 0.828. The van der Waals surface area contributed by atoms with Crippen molar-refractivity contribution in [2.75, 3.05) is 25.0 Å². The van der Waals surface area contributed by atoms with E-state index in [0.29, 0.717) is 17.1 Å². The van der Waals surface area contributed by atoms with Gasteiger partial charge in [-0.1, -0.05) is 41.9 Å². The van der Waals surface area contributed by atoms with Gasteiger partial charge in [0.1, 0.15) is 6.61 Å². The van der Waals surface area contributed by atoms with Gasteiger partial charge in [0, 0.05) is 5.56 Å². The topological polar surface area (TPSA) is 93.7 Å². The fourth-order valence-corrected chi connectivity index (χ4v) is 4.09. The van der Waals surface area contributed by atoms with E-state index in [0.717, 1.165) is 0 Å². The van der Waals surface area contributed by atoms with E-state index in [1.54, 1.807) is 37.4 Å². The Morgan fingerprint density at radius 2 is 1.65 bits per heavy atom. The average molecular weight is 461 g/mol. The number of hydrogen-bond acceptors (Lipinski definition) is 5. The number of anilines is 1. The van der Waals surface area contributed by atoms with Crippen molar-refractivity contribution in [3.8, 4) is 11.5 Å². The second-order valence-corrected chi connectivity index (χ2v) is 8.46. The zero-order valence-electron chi connectivity index (χ0n) is 16.7. The van der Waals surface area contributed by atoms with Crippen molar-refractivity contribution < 1.29 is 22.7 Å². The molecule has 31 heavy (non-hydrogen) atoms. The molecule has 0 saturated heterocycles. The number of halogens is 1. The highest BCUT2D eigenvalue weighted by Gasteiger charge is 2.16. The molecule has 3 aromatic carbocycles. The lowest BCUT2D eigenvalue weighted by Gasteiger charge is -2.12. The van der Waals surface area contributed by atoms with Gasteiger partial charge in [0.05, 0.1) is 29.3 Å². The van der Waals surface area contributed by atoms with Crippen LogP contribution in [0.4, 0.5) is 5.69 Å². The molecule has 0 aliphatic carbocycles. The number of amides is 1. The van der Waals surface area contributed by atoms with E-state index in [1.165, 1.54) is 30.3 Å². The molecule has 0 radical (unpaired) electrons. The Bertz CT molecular complexity index is 1150. The predicted molar refractivity (Wildman–Crippen MR) is 120 cm³/mol. The van der Waals surface area contributed by atoms with E-state index in [-0.39, 0.29) is 34.7 Å². The smallest absolute Gasteiger partial charge is 0.261 e. The summed E-state index contributed by atoms with van der Waals surface area (Å²) in [6, 6.07) is 19.5. The van der Waals surface area contributed by atoms with E-state index in [1.807, 2.05) is 12.1 Å². The lowest BCUT2D eigenvalue weighted by atomic mass is 10.2. The number of methoxy groups -OCH3 is 1. The van der Waals surface area contributed by atoms with Gasteiger partial charge in [0.25, 0.3) is 15.9 Å². The number of ether oxygens (including phenoxy) is 2. The number of hydrogen-bond donors (Lipinski definition) is 2. The van der Waals surface area contributed by atoms with Crippen LogP contribution in [0.2, 0.25) is 5.02 Å². The summed E-state index contributed by atoms with van der Waals surface area (Å²) in [6.07, 6.45) is 0. The number of para-hydroxylation sites is 2. The summed E-state index contributed by atoms with van der Waals surface area (Å²) in [6.45, 7) is 0.506. The number of carbonyl (C=O) groups excluding carboxylic acids is 1. The van der Waals surface area contributed by atoms with E-state index >= 15 is 0 Å². The Morgan fingerprint density at radius 3 is 2.32 bits per heavy atom. The number of sulfonamides is 1. The second kappa shape index (κ2) is 10.2. The summed E-state index contributed by atoms with van der Waals surface area (Å²) < 4.78 is 38.1. The van der Waals surface area contributed by atoms with Crippen LogP contribution in [0.15, 0.2) is 77.7 Å². The van der Waals surface area contributed by atoms with Crippen LogP contribution in [0, 0.1) is 0 Å². The monoisotopic (exact) mass is 460 g/mol. The predicted octanol–water partition coefficient (Wildman–Crippen LogP) is 3.96. The van der Waals surface area contributed by atoms with Crippen LogP contribution in [-0.2, 0) is 10.0 Å². The first-order chi connectivity index (χ1) is 14.9. The first kappa shape index (κ1) is 22.5. The number of carbonyl (C=O) groups is 1. The highest BCUT2D eigenvalue weighted by atomic mass is 35.5. The van der Waals surface area contributed by atoms with Gasteiger partial charge in [-0.05, 0) is 42.5 Å². The van der Waals surface area contributed by atoms with Gasteiger partial charge >= 0.3 is 0 Å². The Balaban J connectivity index is 1.57. The molecule has 0 aromatic heterocycles. The van der Waals surface area contributed by atoms with Crippen LogP contribution in [0.3, 0.4) is 0 Å². The van der Waals surface area contributed by atoms with Gasteiger partial charge in [-0.3, -0.25) is 9.52 Å². The first-order valence-electron chi connectivity index (χ1n) is 9.32. The van der Waals surface area contributed by atoms with Gasteiger partial charge in [0.15, 0.2) is 11.5 Å². The molecular weight excluding hydrogens is 440 g/mol. The molecule has 0 fully saturated rings. The molecule has 0 saturated carbocycles. The fourth-order valence-electron chi connectivity index (χ4n) is 2.71. The first-order valence-corrected chi connectivity index (χ1v) is 11.2. The molecule has 1 amide bonds. The third kappa shape index (κ3) is 5.90. The Hall–Kier alpha value is -3.23. The molecule has 0 aliphatic rings. The van der Waals surface area contributed by atoms with Crippen molar-refractivity contribution in [3.63, 3.8) is 0 Å². The van der Waals surface area contributed by atoms with Gasteiger partial charge in [0.2, 0.25) is 0 Å². The van der Waals surface area contributed by atoms with Gasteiger partial charge in [-0.2, -0.15) is 0 Å². The standard InChI is InChI=1S/C22H21ClN2O5S/c1-29-20-9-5-6-10-21(20)30-14-13-24-22(26)16-11-12-19(18(23)15-16)25-31(27,28)17-7-3-2-4-8-17/h2-12,15,25H,13-14H2,1H3,(H,24,26). The maximum atomic E-state index is 12.4. The number of benzene rings is 3. The Kier molecular flexibility index (Phi) is 7.38. The molecule has 162 valence electrons. The minimum Gasteiger partial charge on any atom is -0.493 e. The SMILES string of the molecule is COc1ccccc1OCCNC(=O)c1ccc(NS(=O)(=O)c2ccccc2)c(Cl)c1. The average Bonchev–Trinajstić information content (AvgIpc) is 2.78.